The zero-order chi connectivity index (χ0) is 14.0. The van der Waals surface area contributed by atoms with E-state index in [0.29, 0.717) is 13.1 Å². The zero-order valence-corrected chi connectivity index (χ0v) is 11.7. The lowest BCUT2D eigenvalue weighted by Crippen LogP contribution is -2.36. The van der Waals surface area contributed by atoms with Gasteiger partial charge in [-0.05, 0) is 32.4 Å². The van der Waals surface area contributed by atoms with E-state index in [1.165, 1.54) is 0 Å². The van der Waals surface area contributed by atoms with Crippen LogP contribution < -0.4 is 5.73 Å². The van der Waals surface area contributed by atoms with Crippen molar-refractivity contribution in [3.05, 3.63) is 30.1 Å². The van der Waals surface area contributed by atoms with E-state index in [1.807, 2.05) is 39.1 Å². The molecule has 1 aliphatic rings. The van der Waals surface area contributed by atoms with Crippen LogP contribution in [0.3, 0.4) is 0 Å². The number of nitrogens with two attached hydrogens (primary N) is 1. The Balaban J connectivity index is 2.04. The van der Waals surface area contributed by atoms with Crippen molar-refractivity contribution in [1.29, 1.82) is 0 Å². The van der Waals surface area contributed by atoms with Crippen molar-refractivity contribution in [1.82, 2.24) is 9.88 Å². The minimum Gasteiger partial charge on any atom is -0.444 e. The second kappa shape index (κ2) is 5.17. The Labute approximate surface area is 113 Å². The molecule has 1 aliphatic heterocycles. The summed E-state index contributed by atoms with van der Waals surface area (Å²) in [6.45, 7) is 6.69. The summed E-state index contributed by atoms with van der Waals surface area (Å²) in [4.78, 5) is 17.8. The number of aromatic nitrogens is 1. The number of amides is 1. The summed E-state index contributed by atoms with van der Waals surface area (Å²) in [5, 5.41) is 0. The fourth-order valence-electron chi connectivity index (χ4n) is 2.25. The predicted molar refractivity (Wildman–Crippen MR) is 72.8 cm³/mol. The van der Waals surface area contributed by atoms with Crippen LogP contribution in [0.5, 0.6) is 0 Å². The van der Waals surface area contributed by atoms with Gasteiger partial charge in [0.1, 0.15) is 5.60 Å². The van der Waals surface area contributed by atoms with E-state index in [2.05, 4.69) is 4.98 Å². The third-order valence-electron chi connectivity index (χ3n) is 3.13. The standard InChI is InChI=1S/C14H21N3O2/c1-14(2,3)19-13(18)17-8-11(12(15)9-17)10-5-4-6-16-7-10/h4-7,11-12H,8-9,15H2,1-3H3. The normalized spacial score (nSPS) is 23.5. The highest BCUT2D eigenvalue weighted by molar-refractivity contribution is 5.69. The topological polar surface area (TPSA) is 68.5 Å². The second-order valence-corrected chi connectivity index (χ2v) is 5.94. The molecule has 2 rings (SSSR count). The molecule has 2 N–H and O–H groups in total. The number of rotatable bonds is 1. The van der Waals surface area contributed by atoms with E-state index in [1.54, 1.807) is 11.1 Å². The minimum atomic E-state index is -0.479. The van der Waals surface area contributed by atoms with Gasteiger partial charge in [0.15, 0.2) is 0 Å². The average molecular weight is 263 g/mol. The highest BCUT2D eigenvalue weighted by Crippen LogP contribution is 2.26. The van der Waals surface area contributed by atoms with E-state index in [4.69, 9.17) is 10.5 Å². The maximum atomic E-state index is 12.0. The lowest BCUT2D eigenvalue weighted by atomic mass is 9.97. The van der Waals surface area contributed by atoms with Crippen LogP contribution in [0, 0.1) is 0 Å². The van der Waals surface area contributed by atoms with Crippen molar-refractivity contribution in [3.8, 4) is 0 Å². The number of carbonyl (C=O) groups excluding carboxylic acids is 1. The number of hydrogen-bond acceptors (Lipinski definition) is 4. The number of likely N-dealkylation sites (tertiary alicyclic amines) is 1. The third kappa shape index (κ3) is 3.44. The largest absolute Gasteiger partial charge is 0.444 e. The molecule has 0 saturated carbocycles. The van der Waals surface area contributed by atoms with Crippen LogP contribution in [0.2, 0.25) is 0 Å². The summed E-state index contributed by atoms with van der Waals surface area (Å²) in [6, 6.07) is 3.81. The molecule has 2 atom stereocenters. The molecule has 0 bridgehead atoms. The van der Waals surface area contributed by atoms with Crippen LogP contribution in [0.15, 0.2) is 24.5 Å². The number of ether oxygens (including phenoxy) is 1. The molecule has 1 aromatic rings. The zero-order valence-electron chi connectivity index (χ0n) is 11.7. The second-order valence-electron chi connectivity index (χ2n) is 5.94. The van der Waals surface area contributed by atoms with E-state index >= 15 is 0 Å². The molecule has 1 aromatic heterocycles. The van der Waals surface area contributed by atoms with Crippen LogP contribution in [-0.4, -0.2) is 40.7 Å². The fraction of sp³-hybridized carbons (Fsp3) is 0.571. The van der Waals surface area contributed by atoms with Gasteiger partial charge >= 0.3 is 6.09 Å². The van der Waals surface area contributed by atoms with Crippen LogP contribution in [0.25, 0.3) is 0 Å². The van der Waals surface area contributed by atoms with Gasteiger partial charge in [-0.3, -0.25) is 4.98 Å². The molecule has 2 heterocycles. The van der Waals surface area contributed by atoms with Gasteiger partial charge in [-0.2, -0.15) is 0 Å². The van der Waals surface area contributed by atoms with Gasteiger partial charge in [0.05, 0.1) is 0 Å². The molecule has 5 nitrogen and oxygen atoms in total. The van der Waals surface area contributed by atoms with Gasteiger partial charge in [-0.15, -0.1) is 0 Å². The minimum absolute atomic E-state index is 0.0725. The molecule has 0 radical (unpaired) electrons. The summed E-state index contributed by atoms with van der Waals surface area (Å²) in [6.07, 6.45) is 3.24. The van der Waals surface area contributed by atoms with Crippen molar-refractivity contribution < 1.29 is 9.53 Å². The Morgan fingerprint density at radius 3 is 2.79 bits per heavy atom. The molecule has 0 aliphatic carbocycles. The van der Waals surface area contributed by atoms with Crippen LogP contribution in [-0.2, 0) is 4.74 Å². The van der Waals surface area contributed by atoms with Crippen LogP contribution >= 0.6 is 0 Å². The molecule has 1 amide bonds. The van der Waals surface area contributed by atoms with Crippen molar-refractivity contribution >= 4 is 6.09 Å². The molecule has 104 valence electrons. The number of nitrogens with zero attached hydrogens (tertiary/aromatic N) is 2. The third-order valence-corrected chi connectivity index (χ3v) is 3.13. The number of pyridine rings is 1. The van der Waals surface area contributed by atoms with Crippen LogP contribution in [0.1, 0.15) is 32.3 Å². The van der Waals surface area contributed by atoms with E-state index in [9.17, 15) is 4.79 Å². The first kappa shape index (κ1) is 13.8. The van der Waals surface area contributed by atoms with E-state index in [-0.39, 0.29) is 18.1 Å². The van der Waals surface area contributed by atoms with Gasteiger partial charge in [0.2, 0.25) is 0 Å². The van der Waals surface area contributed by atoms with E-state index in [0.717, 1.165) is 5.56 Å². The van der Waals surface area contributed by atoms with Gasteiger partial charge in [-0.1, -0.05) is 6.07 Å². The molecule has 19 heavy (non-hydrogen) atoms. The fourth-order valence-corrected chi connectivity index (χ4v) is 2.25. The number of carbonyl (C=O) groups is 1. The monoisotopic (exact) mass is 263 g/mol. The maximum Gasteiger partial charge on any atom is 0.410 e. The average Bonchev–Trinajstić information content (AvgIpc) is 2.70. The van der Waals surface area contributed by atoms with Crippen molar-refractivity contribution in [2.24, 2.45) is 5.73 Å². The first-order chi connectivity index (χ1) is 8.87. The Bertz CT molecular complexity index is 442. The molecule has 1 saturated heterocycles. The Morgan fingerprint density at radius 1 is 1.47 bits per heavy atom. The lowest BCUT2D eigenvalue weighted by Gasteiger charge is -2.24. The molecular weight excluding hydrogens is 242 g/mol. The molecule has 0 aromatic carbocycles. The molecular formula is C14H21N3O2. The van der Waals surface area contributed by atoms with Crippen molar-refractivity contribution in [2.75, 3.05) is 13.1 Å². The Morgan fingerprint density at radius 2 is 2.21 bits per heavy atom. The van der Waals surface area contributed by atoms with Gasteiger partial charge in [0.25, 0.3) is 0 Å². The molecule has 1 fully saturated rings. The maximum absolute atomic E-state index is 12.0. The summed E-state index contributed by atoms with van der Waals surface area (Å²) in [5.74, 6) is 0.126. The van der Waals surface area contributed by atoms with Gasteiger partial charge in [-0.25, -0.2) is 4.79 Å². The highest BCUT2D eigenvalue weighted by atomic mass is 16.6. The lowest BCUT2D eigenvalue weighted by molar-refractivity contribution is 0.0290. The first-order valence-corrected chi connectivity index (χ1v) is 6.50. The molecule has 5 heteroatoms. The van der Waals surface area contributed by atoms with Crippen LogP contribution in [0.4, 0.5) is 4.79 Å². The van der Waals surface area contributed by atoms with Gasteiger partial charge < -0.3 is 15.4 Å². The molecule has 2 unspecified atom stereocenters. The summed E-state index contributed by atoms with van der Waals surface area (Å²) in [7, 11) is 0. The highest BCUT2D eigenvalue weighted by Gasteiger charge is 2.35. The van der Waals surface area contributed by atoms with Gasteiger partial charge in [0, 0.05) is 37.4 Å². The molecule has 0 spiro atoms. The summed E-state index contributed by atoms with van der Waals surface area (Å²) < 4.78 is 5.37. The quantitative estimate of drug-likeness (QED) is 0.838. The SMILES string of the molecule is CC(C)(C)OC(=O)N1CC(N)C(c2cccnc2)C1. The van der Waals surface area contributed by atoms with E-state index < -0.39 is 5.60 Å². The summed E-state index contributed by atoms with van der Waals surface area (Å²) in [5.41, 5.74) is 6.72. The smallest absolute Gasteiger partial charge is 0.410 e. The van der Waals surface area contributed by atoms with Crippen molar-refractivity contribution in [2.45, 2.75) is 38.3 Å². The number of hydrogen-bond donors (Lipinski definition) is 1. The first-order valence-electron chi connectivity index (χ1n) is 6.50. The Hall–Kier alpha value is -1.62. The summed E-state index contributed by atoms with van der Waals surface area (Å²) >= 11 is 0. The Kier molecular flexibility index (Phi) is 3.75. The van der Waals surface area contributed by atoms with Crippen molar-refractivity contribution in [3.63, 3.8) is 0 Å². The predicted octanol–water partition coefficient (Wildman–Crippen LogP) is 1.74.